The highest BCUT2D eigenvalue weighted by Crippen LogP contribution is 2.55. The van der Waals surface area contributed by atoms with E-state index in [-0.39, 0.29) is 29.4 Å². The highest BCUT2D eigenvalue weighted by atomic mass is 16.5. The molecular weight excluding hydrogens is 466 g/mol. The number of phenols is 1. The molecule has 7 heteroatoms. The molecule has 2 N–H and O–H groups in total. The molecule has 2 aromatic carbocycles. The normalized spacial score (nSPS) is 23.6. The molecule has 1 aliphatic carbocycles. The molecular formula is C30H35N3O4. The van der Waals surface area contributed by atoms with Gasteiger partial charge in [-0.2, -0.15) is 0 Å². The van der Waals surface area contributed by atoms with E-state index in [1.54, 1.807) is 19.2 Å². The van der Waals surface area contributed by atoms with Gasteiger partial charge in [-0.05, 0) is 67.3 Å². The number of aromatic nitrogens is 1. The standard InChI is InChI=1S/C30H35N3O4/c1-5-13-32(3)14-15-33-26(35)12-10-24-27(19-7-6-8-20(34)16-19)28-23(18-30(24,2)29(33)36)22-17-21(37-4)9-11-25(22)31-28/h5-9,11,16-17,24,27,31,34H,1,10,12-15,18H2,2-4H3/t24?,27-,30+/m0/s1. The van der Waals surface area contributed by atoms with Gasteiger partial charge in [-0.1, -0.05) is 25.1 Å². The number of ether oxygens (including phenoxy) is 1. The number of imide groups is 1. The molecule has 37 heavy (non-hydrogen) atoms. The largest absolute Gasteiger partial charge is 0.508 e. The van der Waals surface area contributed by atoms with Crippen LogP contribution in [0.4, 0.5) is 0 Å². The van der Waals surface area contributed by atoms with Gasteiger partial charge in [0.1, 0.15) is 11.5 Å². The van der Waals surface area contributed by atoms with Crippen LogP contribution in [-0.2, 0) is 16.0 Å². The summed E-state index contributed by atoms with van der Waals surface area (Å²) in [5.74, 6) is 0.442. The Hall–Kier alpha value is -3.58. The molecule has 1 unspecified atom stereocenters. The van der Waals surface area contributed by atoms with Gasteiger partial charge in [0.25, 0.3) is 0 Å². The van der Waals surface area contributed by atoms with Gasteiger partial charge in [0.2, 0.25) is 11.8 Å². The monoisotopic (exact) mass is 501 g/mol. The number of methoxy groups -OCH3 is 1. The first kappa shape index (κ1) is 25.1. The quantitative estimate of drug-likeness (QED) is 0.369. The third-order valence-electron chi connectivity index (χ3n) is 8.30. The molecule has 2 amide bonds. The van der Waals surface area contributed by atoms with Crippen molar-refractivity contribution >= 4 is 22.7 Å². The summed E-state index contributed by atoms with van der Waals surface area (Å²) in [6.07, 6.45) is 3.26. The number of carbonyl (C=O) groups excluding carboxylic acids is 2. The Kier molecular flexibility index (Phi) is 6.58. The maximum atomic E-state index is 14.3. The van der Waals surface area contributed by atoms with Crippen LogP contribution in [0.5, 0.6) is 11.5 Å². The summed E-state index contributed by atoms with van der Waals surface area (Å²) >= 11 is 0. The first-order valence-corrected chi connectivity index (χ1v) is 12.9. The molecule has 3 atom stereocenters. The topological polar surface area (TPSA) is 85.9 Å². The molecule has 0 spiro atoms. The average Bonchev–Trinajstić information content (AvgIpc) is 3.19. The molecule has 1 aromatic heterocycles. The number of likely N-dealkylation sites (N-methyl/N-ethyl adjacent to an activating group) is 1. The number of H-pyrrole nitrogens is 1. The number of fused-ring (bicyclic) bond motifs is 4. The van der Waals surface area contributed by atoms with Gasteiger partial charge in [0.05, 0.1) is 12.5 Å². The lowest BCUT2D eigenvalue weighted by molar-refractivity contribution is -0.151. The second-order valence-electron chi connectivity index (χ2n) is 10.6. The van der Waals surface area contributed by atoms with Crippen LogP contribution in [0.2, 0.25) is 0 Å². The molecule has 0 saturated carbocycles. The van der Waals surface area contributed by atoms with Crippen molar-refractivity contribution in [2.45, 2.75) is 32.1 Å². The molecule has 7 nitrogen and oxygen atoms in total. The lowest BCUT2D eigenvalue weighted by Gasteiger charge is -2.45. The van der Waals surface area contributed by atoms with Crippen LogP contribution in [0.15, 0.2) is 55.1 Å². The summed E-state index contributed by atoms with van der Waals surface area (Å²) in [4.78, 5) is 34.8. The summed E-state index contributed by atoms with van der Waals surface area (Å²) in [5.41, 5.74) is 3.27. The maximum Gasteiger partial charge on any atom is 0.235 e. The summed E-state index contributed by atoms with van der Waals surface area (Å²) in [7, 11) is 3.61. The lowest BCUT2D eigenvalue weighted by atomic mass is 9.59. The Morgan fingerprint density at radius 2 is 2.08 bits per heavy atom. The summed E-state index contributed by atoms with van der Waals surface area (Å²) in [6.45, 7) is 7.45. The highest BCUT2D eigenvalue weighted by molar-refractivity contribution is 6.00. The fourth-order valence-electron chi connectivity index (χ4n) is 6.38. The number of benzene rings is 2. The maximum absolute atomic E-state index is 14.3. The van der Waals surface area contributed by atoms with E-state index in [9.17, 15) is 14.7 Å². The van der Waals surface area contributed by atoms with Crippen LogP contribution < -0.4 is 4.74 Å². The van der Waals surface area contributed by atoms with Crippen molar-refractivity contribution in [2.24, 2.45) is 11.3 Å². The molecule has 1 aliphatic heterocycles. The molecule has 1 saturated heterocycles. The number of hydrogen-bond donors (Lipinski definition) is 2. The second-order valence-corrected chi connectivity index (χ2v) is 10.6. The molecule has 3 aromatic rings. The summed E-state index contributed by atoms with van der Waals surface area (Å²) < 4.78 is 5.51. The van der Waals surface area contributed by atoms with E-state index < -0.39 is 5.41 Å². The van der Waals surface area contributed by atoms with Gasteiger partial charge in [-0.3, -0.25) is 14.5 Å². The predicted molar refractivity (Wildman–Crippen MR) is 144 cm³/mol. The van der Waals surface area contributed by atoms with Crippen LogP contribution in [0.1, 0.15) is 42.5 Å². The lowest BCUT2D eigenvalue weighted by Crippen LogP contribution is -2.51. The first-order valence-electron chi connectivity index (χ1n) is 12.9. The number of amides is 2. The van der Waals surface area contributed by atoms with Crippen molar-refractivity contribution in [2.75, 3.05) is 33.8 Å². The Labute approximate surface area is 217 Å². The van der Waals surface area contributed by atoms with Gasteiger partial charge >= 0.3 is 0 Å². The summed E-state index contributed by atoms with van der Waals surface area (Å²) in [5, 5.41) is 11.4. The minimum absolute atomic E-state index is 0.107. The second kappa shape index (κ2) is 9.71. The third-order valence-corrected chi connectivity index (χ3v) is 8.30. The molecule has 0 bridgehead atoms. The highest BCUT2D eigenvalue weighted by Gasteiger charge is 2.54. The number of nitrogens with zero attached hydrogens (tertiary/aromatic N) is 2. The van der Waals surface area contributed by atoms with Crippen molar-refractivity contribution in [3.63, 3.8) is 0 Å². The van der Waals surface area contributed by atoms with Gasteiger partial charge < -0.3 is 19.7 Å². The van der Waals surface area contributed by atoms with Gasteiger partial charge in [-0.15, -0.1) is 6.58 Å². The van der Waals surface area contributed by atoms with Gasteiger partial charge in [-0.25, -0.2) is 0 Å². The van der Waals surface area contributed by atoms with E-state index >= 15 is 0 Å². The van der Waals surface area contributed by atoms with Gasteiger partial charge in [0.15, 0.2) is 0 Å². The fourth-order valence-corrected chi connectivity index (χ4v) is 6.38. The van der Waals surface area contributed by atoms with Gasteiger partial charge in [0, 0.05) is 48.6 Å². The Bertz CT molecular complexity index is 1360. The van der Waals surface area contributed by atoms with E-state index in [0.29, 0.717) is 38.9 Å². The number of nitrogens with one attached hydrogen (secondary N) is 1. The minimum atomic E-state index is -0.787. The Balaban J connectivity index is 1.64. The van der Waals surface area contributed by atoms with Crippen molar-refractivity contribution in [1.29, 1.82) is 0 Å². The number of aromatic amines is 1. The number of carbonyl (C=O) groups is 2. The van der Waals surface area contributed by atoms with Crippen LogP contribution in [0.3, 0.4) is 0 Å². The van der Waals surface area contributed by atoms with Crippen molar-refractivity contribution in [3.05, 3.63) is 71.9 Å². The van der Waals surface area contributed by atoms with Crippen LogP contribution in [-0.4, -0.2) is 65.5 Å². The van der Waals surface area contributed by atoms with Crippen molar-refractivity contribution in [3.8, 4) is 11.5 Å². The zero-order chi connectivity index (χ0) is 26.3. The summed E-state index contributed by atoms with van der Waals surface area (Å²) in [6, 6.07) is 13.2. The zero-order valence-corrected chi connectivity index (χ0v) is 21.8. The number of likely N-dealkylation sites (tertiary alicyclic amines) is 1. The number of hydrogen-bond acceptors (Lipinski definition) is 5. The van der Waals surface area contributed by atoms with Crippen LogP contribution in [0.25, 0.3) is 10.9 Å². The number of rotatable bonds is 7. The molecule has 0 radical (unpaired) electrons. The van der Waals surface area contributed by atoms with E-state index in [2.05, 4.69) is 16.5 Å². The zero-order valence-electron chi connectivity index (χ0n) is 21.8. The molecule has 2 aliphatic rings. The Morgan fingerprint density at radius 3 is 2.81 bits per heavy atom. The third kappa shape index (κ3) is 4.31. The average molecular weight is 502 g/mol. The molecule has 1 fully saturated rings. The first-order chi connectivity index (χ1) is 17.8. The van der Waals surface area contributed by atoms with E-state index in [1.807, 2.05) is 50.4 Å². The van der Waals surface area contributed by atoms with Crippen molar-refractivity contribution < 1.29 is 19.4 Å². The van der Waals surface area contributed by atoms with Crippen LogP contribution in [0, 0.1) is 11.3 Å². The van der Waals surface area contributed by atoms with E-state index in [1.165, 1.54) is 4.90 Å². The number of phenolic OH excluding ortho intramolecular Hbond substituents is 1. The van der Waals surface area contributed by atoms with Crippen molar-refractivity contribution in [1.82, 2.24) is 14.8 Å². The SMILES string of the molecule is C=CCN(C)CCN1C(=O)CCC2[C@H](c3cccc(O)c3)c3[nH]c4ccc(OC)cc4c3C[C@@]2(C)C1=O. The number of aromatic hydroxyl groups is 1. The molecule has 194 valence electrons. The van der Waals surface area contributed by atoms with E-state index in [4.69, 9.17) is 4.74 Å². The Morgan fingerprint density at radius 1 is 1.27 bits per heavy atom. The van der Waals surface area contributed by atoms with Crippen LogP contribution >= 0.6 is 0 Å². The smallest absolute Gasteiger partial charge is 0.235 e. The molecule has 2 heterocycles. The fraction of sp³-hybridized carbons (Fsp3) is 0.400. The molecule has 5 rings (SSSR count). The minimum Gasteiger partial charge on any atom is -0.508 e. The van der Waals surface area contributed by atoms with E-state index in [0.717, 1.165) is 33.5 Å². The predicted octanol–water partition coefficient (Wildman–Crippen LogP) is 4.46.